The number of carbonyl (C=O) groups excluding carboxylic acids is 2. The molecule has 0 saturated carbocycles. The van der Waals surface area contributed by atoms with E-state index in [1.54, 1.807) is 0 Å². The summed E-state index contributed by atoms with van der Waals surface area (Å²) in [5.41, 5.74) is 3.12. The summed E-state index contributed by atoms with van der Waals surface area (Å²) < 4.78 is 0. The standard InChI is InChI=1S/C28H31N3O2/c32-27(30-26(23-12-6-2-7-13-23)20-22-10-4-1-5-11-22)21-31-18-16-24(17-19-31)28(33)29-25-14-8-3-9-15-25/h1-15,24,26H,16-21H2,(H,29,33)(H,30,32)/t26-/m1/s1. The van der Waals surface area contributed by atoms with Crippen LogP contribution in [-0.4, -0.2) is 36.3 Å². The highest BCUT2D eigenvalue weighted by atomic mass is 16.2. The maximum Gasteiger partial charge on any atom is 0.234 e. The van der Waals surface area contributed by atoms with Crippen molar-refractivity contribution in [2.45, 2.75) is 25.3 Å². The van der Waals surface area contributed by atoms with Crippen LogP contribution in [-0.2, 0) is 16.0 Å². The molecule has 33 heavy (non-hydrogen) atoms. The minimum absolute atomic E-state index is 0.0142. The van der Waals surface area contributed by atoms with E-state index >= 15 is 0 Å². The highest BCUT2D eigenvalue weighted by Gasteiger charge is 2.26. The van der Waals surface area contributed by atoms with E-state index in [2.05, 4.69) is 39.8 Å². The van der Waals surface area contributed by atoms with Gasteiger partial charge < -0.3 is 10.6 Å². The van der Waals surface area contributed by atoms with Crippen molar-refractivity contribution >= 4 is 17.5 Å². The third-order valence-electron chi connectivity index (χ3n) is 6.19. The third-order valence-corrected chi connectivity index (χ3v) is 6.19. The van der Waals surface area contributed by atoms with Gasteiger partial charge in [-0.05, 0) is 55.6 Å². The van der Waals surface area contributed by atoms with Gasteiger partial charge in [0.15, 0.2) is 0 Å². The van der Waals surface area contributed by atoms with Crippen LogP contribution < -0.4 is 10.6 Å². The highest BCUT2D eigenvalue weighted by molar-refractivity contribution is 5.92. The number of nitrogens with one attached hydrogen (secondary N) is 2. The van der Waals surface area contributed by atoms with Crippen molar-refractivity contribution in [3.05, 3.63) is 102 Å². The molecule has 5 heteroatoms. The SMILES string of the molecule is O=C(CN1CCC(C(=O)Nc2ccccc2)CC1)N[C@H](Cc1ccccc1)c1ccccc1. The second kappa shape index (κ2) is 11.4. The zero-order valence-corrected chi connectivity index (χ0v) is 18.8. The number of carbonyl (C=O) groups is 2. The van der Waals surface area contributed by atoms with Crippen molar-refractivity contribution in [1.82, 2.24) is 10.2 Å². The molecule has 0 aromatic heterocycles. The Balaban J connectivity index is 1.29. The summed E-state index contributed by atoms with van der Waals surface area (Å²) in [6, 6.07) is 29.8. The van der Waals surface area contributed by atoms with Gasteiger partial charge in [0.25, 0.3) is 0 Å². The molecule has 170 valence electrons. The lowest BCUT2D eigenvalue weighted by atomic mass is 9.95. The molecule has 3 aromatic rings. The van der Waals surface area contributed by atoms with Gasteiger partial charge in [0.2, 0.25) is 11.8 Å². The van der Waals surface area contributed by atoms with E-state index in [-0.39, 0.29) is 23.8 Å². The second-order valence-corrected chi connectivity index (χ2v) is 8.63. The molecule has 3 aromatic carbocycles. The zero-order valence-electron chi connectivity index (χ0n) is 18.8. The van der Waals surface area contributed by atoms with Crippen LogP contribution in [0.5, 0.6) is 0 Å². The highest BCUT2D eigenvalue weighted by Crippen LogP contribution is 2.21. The van der Waals surface area contributed by atoms with Gasteiger partial charge in [0.05, 0.1) is 12.6 Å². The van der Waals surface area contributed by atoms with Crippen molar-refractivity contribution in [2.24, 2.45) is 5.92 Å². The van der Waals surface area contributed by atoms with Crippen LogP contribution in [0, 0.1) is 5.92 Å². The molecule has 5 nitrogen and oxygen atoms in total. The summed E-state index contributed by atoms with van der Waals surface area (Å²) >= 11 is 0. The Kier molecular flexibility index (Phi) is 7.88. The molecule has 1 saturated heterocycles. The lowest BCUT2D eigenvalue weighted by molar-refractivity contribution is -0.124. The molecule has 1 heterocycles. The Morgan fingerprint density at radius 1 is 0.818 bits per heavy atom. The quantitative estimate of drug-likeness (QED) is 0.543. The second-order valence-electron chi connectivity index (χ2n) is 8.63. The normalized spacial score (nSPS) is 15.5. The van der Waals surface area contributed by atoms with Crippen molar-refractivity contribution in [2.75, 3.05) is 25.0 Å². The number of rotatable bonds is 8. The molecule has 2 amide bonds. The number of piperidine rings is 1. The fourth-order valence-corrected chi connectivity index (χ4v) is 4.35. The number of likely N-dealkylation sites (tertiary alicyclic amines) is 1. The van der Waals surface area contributed by atoms with Gasteiger partial charge in [-0.25, -0.2) is 0 Å². The maximum atomic E-state index is 12.9. The minimum Gasteiger partial charge on any atom is -0.348 e. The predicted octanol–water partition coefficient (Wildman–Crippen LogP) is 4.44. The first-order chi connectivity index (χ1) is 16.2. The van der Waals surface area contributed by atoms with Crippen LogP contribution in [0.15, 0.2) is 91.0 Å². The first-order valence-corrected chi connectivity index (χ1v) is 11.6. The van der Waals surface area contributed by atoms with E-state index in [0.717, 1.165) is 43.6 Å². The van der Waals surface area contributed by atoms with Crippen molar-refractivity contribution in [3.63, 3.8) is 0 Å². The lowest BCUT2D eigenvalue weighted by Crippen LogP contribution is -2.44. The van der Waals surface area contributed by atoms with Crippen molar-refractivity contribution < 1.29 is 9.59 Å². The molecule has 0 bridgehead atoms. The Bertz CT molecular complexity index is 1020. The summed E-state index contributed by atoms with van der Waals surface area (Å²) in [6.45, 7) is 1.84. The largest absolute Gasteiger partial charge is 0.348 e. The molecular weight excluding hydrogens is 410 g/mol. The number of para-hydroxylation sites is 1. The molecule has 2 N–H and O–H groups in total. The maximum absolute atomic E-state index is 12.9. The number of benzene rings is 3. The molecule has 0 radical (unpaired) electrons. The van der Waals surface area contributed by atoms with Crippen LogP contribution in [0.4, 0.5) is 5.69 Å². The van der Waals surface area contributed by atoms with E-state index in [9.17, 15) is 9.59 Å². The van der Waals surface area contributed by atoms with E-state index < -0.39 is 0 Å². The Morgan fingerprint density at radius 3 is 2.03 bits per heavy atom. The molecule has 1 aliphatic rings. The van der Waals surface area contributed by atoms with Crippen LogP contribution in [0.2, 0.25) is 0 Å². The summed E-state index contributed by atoms with van der Waals surface area (Å²) in [6.07, 6.45) is 2.27. The van der Waals surface area contributed by atoms with Crippen molar-refractivity contribution in [1.29, 1.82) is 0 Å². The van der Waals surface area contributed by atoms with Crippen LogP contribution >= 0.6 is 0 Å². The van der Waals surface area contributed by atoms with Crippen LogP contribution in [0.25, 0.3) is 0 Å². The van der Waals surface area contributed by atoms with E-state index in [4.69, 9.17) is 0 Å². The minimum atomic E-state index is -0.0738. The molecule has 0 unspecified atom stereocenters. The topological polar surface area (TPSA) is 61.4 Å². The molecule has 1 fully saturated rings. The van der Waals surface area contributed by atoms with Crippen LogP contribution in [0.1, 0.15) is 30.0 Å². The molecule has 1 atom stereocenters. The van der Waals surface area contributed by atoms with Crippen molar-refractivity contribution in [3.8, 4) is 0 Å². The summed E-state index contributed by atoms with van der Waals surface area (Å²) in [5.74, 6) is 0.0731. The number of amides is 2. The van der Waals surface area contributed by atoms with Gasteiger partial charge in [0, 0.05) is 11.6 Å². The smallest absolute Gasteiger partial charge is 0.234 e. The lowest BCUT2D eigenvalue weighted by Gasteiger charge is -2.31. The summed E-state index contributed by atoms with van der Waals surface area (Å²) in [4.78, 5) is 27.6. The monoisotopic (exact) mass is 441 g/mol. The fraction of sp³-hybridized carbons (Fsp3) is 0.286. The number of hydrogen-bond donors (Lipinski definition) is 2. The molecule has 1 aliphatic heterocycles. The molecule has 0 spiro atoms. The first-order valence-electron chi connectivity index (χ1n) is 11.6. The molecular formula is C28H31N3O2. The van der Waals surface area contributed by atoms with Gasteiger partial charge in [-0.3, -0.25) is 14.5 Å². The third kappa shape index (κ3) is 6.77. The van der Waals surface area contributed by atoms with Gasteiger partial charge in [-0.1, -0.05) is 78.9 Å². The number of nitrogens with zero attached hydrogens (tertiary/aromatic N) is 1. The van der Waals surface area contributed by atoms with E-state index in [0.29, 0.717) is 6.54 Å². The van der Waals surface area contributed by atoms with E-state index in [1.165, 1.54) is 5.56 Å². The van der Waals surface area contributed by atoms with Gasteiger partial charge in [0.1, 0.15) is 0 Å². The summed E-state index contributed by atoms with van der Waals surface area (Å²) in [5, 5.41) is 6.23. The van der Waals surface area contributed by atoms with Gasteiger partial charge in [-0.2, -0.15) is 0 Å². The zero-order chi connectivity index (χ0) is 22.9. The molecule has 4 rings (SSSR count). The number of hydrogen-bond acceptors (Lipinski definition) is 3. The molecule has 0 aliphatic carbocycles. The first kappa shape index (κ1) is 22.7. The van der Waals surface area contributed by atoms with Gasteiger partial charge in [-0.15, -0.1) is 0 Å². The fourth-order valence-electron chi connectivity index (χ4n) is 4.35. The number of anilines is 1. The van der Waals surface area contributed by atoms with Gasteiger partial charge >= 0.3 is 0 Å². The summed E-state index contributed by atoms with van der Waals surface area (Å²) in [7, 11) is 0. The average molecular weight is 442 g/mol. The Hall–Kier alpha value is -3.44. The van der Waals surface area contributed by atoms with Crippen LogP contribution in [0.3, 0.4) is 0 Å². The average Bonchev–Trinajstić information content (AvgIpc) is 2.86. The predicted molar refractivity (Wildman–Crippen MR) is 132 cm³/mol. The Labute approximate surface area is 195 Å². The van der Waals surface area contributed by atoms with E-state index in [1.807, 2.05) is 66.7 Å². The Morgan fingerprint density at radius 2 is 1.39 bits per heavy atom.